The van der Waals surface area contributed by atoms with Crippen molar-refractivity contribution in [2.75, 3.05) is 20.4 Å². The number of carbonyl (C=O) groups is 1. The lowest BCUT2D eigenvalue weighted by atomic mass is 10.1. The van der Waals surface area contributed by atoms with Crippen molar-refractivity contribution in [1.29, 1.82) is 0 Å². The molecule has 1 aromatic heterocycles. The number of hydrazine groups is 1. The maximum absolute atomic E-state index is 12.6. The summed E-state index contributed by atoms with van der Waals surface area (Å²) >= 11 is 0. The lowest BCUT2D eigenvalue weighted by Crippen LogP contribution is -2.44. The monoisotopic (exact) mass is 371 g/mol. The normalized spacial score (nSPS) is 20.5. The first-order valence-corrected chi connectivity index (χ1v) is 8.72. The SMILES string of the molecule is CN(Cc1ccncn1)C(=O)C1CC(COc2ccc3c(c2)OCO3)NN1. The standard InChI is InChI=1S/C18H21N5O4/c1-23(8-12-4-5-19-10-20-12)18(24)15-6-13(21-22-15)9-25-14-2-3-16-17(7-14)27-11-26-16/h2-5,7,10,13,15,21-22H,6,8-9,11H2,1H3. The molecule has 2 aliphatic rings. The number of amides is 1. The number of ether oxygens (including phenoxy) is 3. The third-order valence-electron chi connectivity index (χ3n) is 4.49. The van der Waals surface area contributed by atoms with Gasteiger partial charge in [0.25, 0.3) is 0 Å². The van der Waals surface area contributed by atoms with Gasteiger partial charge in [0.2, 0.25) is 12.7 Å². The van der Waals surface area contributed by atoms with Gasteiger partial charge in [-0.2, -0.15) is 0 Å². The molecule has 9 nitrogen and oxygen atoms in total. The van der Waals surface area contributed by atoms with Crippen LogP contribution in [0.3, 0.4) is 0 Å². The van der Waals surface area contributed by atoms with Crippen LogP contribution in [0.4, 0.5) is 0 Å². The Morgan fingerprint density at radius 3 is 3.04 bits per heavy atom. The predicted molar refractivity (Wildman–Crippen MR) is 95.0 cm³/mol. The summed E-state index contributed by atoms with van der Waals surface area (Å²) in [6, 6.07) is 6.99. The Balaban J connectivity index is 1.26. The highest BCUT2D eigenvalue weighted by Crippen LogP contribution is 2.35. The second-order valence-corrected chi connectivity index (χ2v) is 6.49. The van der Waals surface area contributed by atoms with Crippen molar-refractivity contribution in [2.24, 2.45) is 0 Å². The highest BCUT2D eigenvalue weighted by molar-refractivity contribution is 5.81. The Bertz CT molecular complexity index is 804. The van der Waals surface area contributed by atoms with Crippen molar-refractivity contribution < 1.29 is 19.0 Å². The fourth-order valence-corrected chi connectivity index (χ4v) is 3.06. The Hall–Kier alpha value is -2.91. The molecule has 9 heteroatoms. The zero-order valence-electron chi connectivity index (χ0n) is 14.9. The average molecular weight is 371 g/mol. The quantitative estimate of drug-likeness (QED) is 0.757. The van der Waals surface area contributed by atoms with E-state index in [2.05, 4.69) is 20.8 Å². The molecule has 1 aromatic carbocycles. The third kappa shape index (κ3) is 4.09. The molecule has 142 valence electrons. The summed E-state index contributed by atoms with van der Waals surface area (Å²) in [5.74, 6) is 2.12. The van der Waals surface area contributed by atoms with E-state index in [0.717, 1.165) is 11.4 Å². The van der Waals surface area contributed by atoms with E-state index in [0.29, 0.717) is 31.1 Å². The second-order valence-electron chi connectivity index (χ2n) is 6.49. The van der Waals surface area contributed by atoms with E-state index in [1.54, 1.807) is 24.2 Å². The smallest absolute Gasteiger partial charge is 0.241 e. The molecule has 4 rings (SSSR count). The molecule has 2 aromatic rings. The van der Waals surface area contributed by atoms with Gasteiger partial charge in [-0.1, -0.05) is 0 Å². The molecule has 3 heterocycles. The minimum Gasteiger partial charge on any atom is -0.492 e. The Kier molecular flexibility index (Phi) is 5.03. The van der Waals surface area contributed by atoms with Crippen LogP contribution >= 0.6 is 0 Å². The summed E-state index contributed by atoms with van der Waals surface area (Å²) in [6.07, 6.45) is 3.78. The molecule has 1 amide bonds. The van der Waals surface area contributed by atoms with Crippen LogP contribution in [0, 0.1) is 0 Å². The zero-order valence-corrected chi connectivity index (χ0v) is 14.9. The summed E-state index contributed by atoms with van der Waals surface area (Å²) < 4.78 is 16.5. The predicted octanol–water partition coefficient (Wildman–Crippen LogP) is 0.478. The maximum Gasteiger partial charge on any atom is 0.241 e. The summed E-state index contributed by atoms with van der Waals surface area (Å²) in [5.41, 5.74) is 6.98. The molecule has 0 bridgehead atoms. The number of nitrogens with zero attached hydrogens (tertiary/aromatic N) is 3. The fourth-order valence-electron chi connectivity index (χ4n) is 3.06. The topological polar surface area (TPSA) is 97.8 Å². The van der Waals surface area contributed by atoms with Gasteiger partial charge in [0.05, 0.1) is 18.3 Å². The van der Waals surface area contributed by atoms with E-state index in [4.69, 9.17) is 14.2 Å². The number of benzene rings is 1. The molecule has 1 saturated heterocycles. The van der Waals surface area contributed by atoms with Crippen molar-refractivity contribution in [3.05, 3.63) is 42.5 Å². The van der Waals surface area contributed by atoms with Crippen LogP contribution in [0.5, 0.6) is 17.2 Å². The molecule has 0 radical (unpaired) electrons. The molecule has 2 atom stereocenters. The van der Waals surface area contributed by atoms with Gasteiger partial charge in [0.1, 0.15) is 24.7 Å². The molecule has 0 saturated carbocycles. The summed E-state index contributed by atoms with van der Waals surface area (Å²) in [6.45, 7) is 1.11. The van der Waals surface area contributed by atoms with Gasteiger partial charge < -0.3 is 19.1 Å². The van der Waals surface area contributed by atoms with Gasteiger partial charge in [-0.05, 0) is 24.6 Å². The summed E-state index contributed by atoms with van der Waals surface area (Å²) in [4.78, 5) is 22.3. The van der Waals surface area contributed by atoms with E-state index >= 15 is 0 Å². The molecular weight excluding hydrogens is 350 g/mol. The average Bonchev–Trinajstić information content (AvgIpc) is 3.35. The molecule has 1 fully saturated rings. The van der Waals surface area contributed by atoms with Gasteiger partial charge in [0, 0.05) is 19.3 Å². The number of fused-ring (bicyclic) bond motifs is 1. The molecule has 2 aliphatic heterocycles. The van der Waals surface area contributed by atoms with E-state index in [9.17, 15) is 4.79 Å². The Labute approximate surface area is 156 Å². The van der Waals surface area contributed by atoms with Gasteiger partial charge in [-0.15, -0.1) is 0 Å². The number of likely N-dealkylation sites (N-methyl/N-ethyl adjacent to an activating group) is 1. The van der Waals surface area contributed by atoms with Crippen molar-refractivity contribution in [3.63, 3.8) is 0 Å². The van der Waals surface area contributed by atoms with Gasteiger partial charge >= 0.3 is 0 Å². The largest absolute Gasteiger partial charge is 0.492 e. The number of hydrogen-bond donors (Lipinski definition) is 2. The highest BCUT2D eigenvalue weighted by Gasteiger charge is 2.31. The van der Waals surface area contributed by atoms with Crippen LogP contribution in [0.1, 0.15) is 12.1 Å². The van der Waals surface area contributed by atoms with Gasteiger partial charge in [-0.3, -0.25) is 10.2 Å². The number of rotatable bonds is 6. The van der Waals surface area contributed by atoms with Crippen molar-refractivity contribution in [1.82, 2.24) is 25.7 Å². The molecule has 0 aliphatic carbocycles. The number of nitrogens with one attached hydrogen (secondary N) is 2. The van der Waals surface area contributed by atoms with Gasteiger partial charge in [0.15, 0.2) is 11.5 Å². The number of aromatic nitrogens is 2. The first-order chi connectivity index (χ1) is 13.2. The molecule has 27 heavy (non-hydrogen) atoms. The van der Waals surface area contributed by atoms with Crippen molar-refractivity contribution >= 4 is 5.91 Å². The van der Waals surface area contributed by atoms with Crippen LogP contribution in [0.15, 0.2) is 36.8 Å². The summed E-state index contributed by atoms with van der Waals surface area (Å²) in [5, 5.41) is 0. The van der Waals surface area contributed by atoms with Crippen molar-refractivity contribution in [2.45, 2.75) is 25.0 Å². The fraction of sp³-hybridized carbons (Fsp3) is 0.389. The van der Waals surface area contributed by atoms with Crippen LogP contribution in [-0.4, -0.2) is 53.3 Å². The zero-order chi connectivity index (χ0) is 18.6. The minimum absolute atomic E-state index is 0.00620. The lowest BCUT2D eigenvalue weighted by Gasteiger charge is -2.20. The summed E-state index contributed by atoms with van der Waals surface area (Å²) in [7, 11) is 1.77. The van der Waals surface area contributed by atoms with Crippen LogP contribution in [0.2, 0.25) is 0 Å². The third-order valence-corrected chi connectivity index (χ3v) is 4.49. The second kappa shape index (κ2) is 7.77. The Morgan fingerprint density at radius 2 is 2.19 bits per heavy atom. The van der Waals surface area contributed by atoms with E-state index < -0.39 is 0 Å². The van der Waals surface area contributed by atoms with E-state index in [1.165, 1.54) is 6.33 Å². The lowest BCUT2D eigenvalue weighted by molar-refractivity contribution is -0.132. The first-order valence-electron chi connectivity index (χ1n) is 8.72. The van der Waals surface area contributed by atoms with Crippen LogP contribution < -0.4 is 25.1 Å². The van der Waals surface area contributed by atoms with E-state index in [-0.39, 0.29) is 24.8 Å². The minimum atomic E-state index is -0.304. The number of carbonyl (C=O) groups excluding carboxylic acids is 1. The first kappa shape index (κ1) is 17.5. The van der Waals surface area contributed by atoms with Gasteiger partial charge in [-0.25, -0.2) is 15.4 Å². The highest BCUT2D eigenvalue weighted by atomic mass is 16.7. The maximum atomic E-state index is 12.6. The molecule has 2 unspecified atom stereocenters. The molecule has 2 N–H and O–H groups in total. The molecular formula is C18H21N5O4. The van der Waals surface area contributed by atoms with Crippen LogP contribution in [-0.2, 0) is 11.3 Å². The van der Waals surface area contributed by atoms with Crippen molar-refractivity contribution in [3.8, 4) is 17.2 Å². The van der Waals surface area contributed by atoms with Crippen LogP contribution in [0.25, 0.3) is 0 Å². The number of hydrogen-bond acceptors (Lipinski definition) is 8. The molecule has 0 spiro atoms. The van der Waals surface area contributed by atoms with E-state index in [1.807, 2.05) is 18.2 Å². The Morgan fingerprint density at radius 1 is 1.30 bits per heavy atom.